The molecule has 0 saturated carbocycles. The highest BCUT2D eigenvalue weighted by Crippen LogP contribution is 2.14. The molecule has 1 unspecified atom stereocenters. The van der Waals surface area contributed by atoms with Crippen LogP contribution in [-0.2, 0) is 12.8 Å². The van der Waals surface area contributed by atoms with Crippen molar-refractivity contribution in [2.45, 2.75) is 18.9 Å². The molecule has 0 bridgehead atoms. The monoisotopic (exact) mass is 179 g/mol. The molecular weight excluding hydrogens is 165 g/mol. The Kier molecular flexibility index (Phi) is 2.60. The quantitative estimate of drug-likeness (QED) is 0.692. The molecule has 1 aromatic carbocycles. The molecule has 1 aliphatic rings. The van der Waals surface area contributed by atoms with Gasteiger partial charge in [-0.1, -0.05) is 24.3 Å². The normalized spacial score (nSPS) is 22.1. The number of alkyl halides is 1. The smallest absolute Gasteiger partial charge is 0.105 e. The van der Waals surface area contributed by atoms with Gasteiger partial charge >= 0.3 is 0 Å². The van der Waals surface area contributed by atoms with Crippen molar-refractivity contribution < 1.29 is 4.39 Å². The lowest BCUT2D eigenvalue weighted by Crippen LogP contribution is -2.32. The average molecular weight is 179 g/mol. The maximum Gasteiger partial charge on any atom is 0.105 e. The summed E-state index contributed by atoms with van der Waals surface area (Å²) in [5.41, 5.74) is 2.67. The van der Waals surface area contributed by atoms with Crippen molar-refractivity contribution in [3.8, 4) is 0 Å². The minimum absolute atomic E-state index is 0.0173. The zero-order chi connectivity index (χ0) is 9.10. The van der Waals surface area contributed by atoms with Gasteiger partial charge in [0.05, 0.1) is 0 Å². The predicted octanol–water partition coefficient (Wildman–Crippen LogP) is 1.71. The van der Waals surface area contributed by atoms with Crippen LogP contribution in [-0.4, -0.2) is 19.3 Å². The fourth-order valence-corrected chi connectivity index (χ4v) is 1.86. The van der Waals surface area contributed by atoms with Crippen molar-refractivity contribution in [1.29, 1.82) is 0 Å². The van der Waals surface area contributed by atoms with E-state index in [1.807, 2.05) is 6.07 Å². The van der Waals surface area contributed by atoms with E-state index in [1.165, 1.54) is 11.1 Å². The van der Waals surface area contributed by atoms with Gasteiger partial charge in [0.15, 0.2) is 0 Å². The van der Waals surface area contributed by atoms with Crippen molar-refractivity contribution in [1.82, 2.24) is 5.32 Å². The number of hydrogen-bond donors (Lipinski definition) is 1. The van der Waals surface area contributed by atoms with Gasteiger partial charge in [0, 0.05) is 6.04 Å². The standard InChI is InChI=1S/C11H14FN/c12-8-11-7-10-4-2-1-3-9(10)5-6-13-11/h1-4,11,13H,5-8H2. The topological polar surface area (TPSA) is 12.0 Å². The second-order valence-electron chi connectivity index (χ2n) is 3.53. The highest BCUT2D eigenvalue weighted by atomic mass is 19.1. The Hall–Kier alpha value is -0.890. The summed E-state index contributed by atoms with van der Waals surface area (Å²) < 4.78 is 12.5. The van der Waals surface area contributed by atoms with Crippen molar-refractivity contribution in [2.24, 2.45) is 0 Å². The summed E-state index contributed by atoms with van der Waals surface area (Å²) in [5, 5.41) is 3.20. The van der Waals surface area contributed by atoms with E-state index in [4.69, 9.17) is 0 Å². The SMILES string of the molecule is FCC1Cc2ccccc2CCN1. The molecule has 2 heteroatoms. The van der Waals surface area contributed by atoms with Gasteiger partial charge in [-0.05, 0) is 30.5 Å². The van der Waals surface area contributed by atoms with Crippen LogP contribution in [0.1, 0.15) is 11.1 Å². The number of benzene rings is 1. The third-order valence-corrected chi connectivity index (χ3v) is 2.60. The highest BCUT2D eigenvalue weighted by Gasteiger charge is 2.14. The van der Waals surface area contributed by atoms with Gasteiger partial charge in [0.2, 0.25) is 0 Å². The molecular formula is C11H14FN. The van der Waals surface area contributed by atoms with E-state index in [1.54, 1.807) is 0 Å². The molecule has 0 spiro atoms. The molecule has 1 aliphatic heterocycles. The first-order chi connectivity index (χ1) is 6.40. The number of halogens is 1. The summed E-state index contributed by atoms with van der Waals surface area (Å²) in [6, 6.07) is 8.33. The molecule has 0 saturated heterocycles. The number of rotatable bonds is 1. The van der Waals surface area contributed by atoms with Gasteiger partial charge < -0.3 is 5.32 Å². The number of fused-ring (bicyclic) bond motifs is 1. The largest absolute Gasteiger partial charge is 0.311 e. The van der Waals surface area contributed by atoms with E-state index in [0.29, 0.717) is 0 Å². The number of nitrogens with one attached hydrogen (secondary N) is 1. The summed E-state index contributed by atoms with van der Waals surface area (Å²) in [5.74, 6) is 0. The van der Waals surface area contributed by atoms with Crippen LogP contribution in [0.25, 0.3) is 0 Å². The van der Waals surface area contributed by atoms with Crippen LogP contribution in [0.5, 0.6) is 0 Å². The fraction of sp³-hybridized carbons (Fsp3) is 0.455. The van der Waals surface area contributed by atoms with Crippen molar-refractivity contribution in [3.63, 3.8) is 0 Å². The van der Waals surface area contributed by atoms with Crippen LogP contribution >= 0.6 is 0 Å². The zero-order valence-electron chi connectivity index (χ0n) is 7.59. The van der Waals surface area contributed by atoms with E-state index < -0.39 is 0 Å². The Morgan fingerprint density at radius 1 is 1.31 bits per heavy atom. The summed E-state index contributed by atoms with van der Waals surface area (Å²) >= 11 is 0. The van der Waals surface area contributed by atoms with E-state index >= 15 is 0 Å². The molecule has 1 atom stereocenters. The highest BCUT2D eigenvalue weighted by molar-refractivity contribution is 5.29. The fourth-order valence-electron chi connectivity index (χ4n) is 1.86. The lowest BCUT2D eigenvalue weighted by atomic mass is 10.0. The van der Waals surface area contributed by atoms with Crippen molar-refractivity contribution >= 4 is 0 Å². The lowest BCUT2D eigenvalue weighted by molar-refractivity contribution is 0.379. The minimum atomic E-state index is -0.270. The van der Waals surface area contributed by atoms with Crippen LogP contribution in [0.2, 0.25) is 0 Å². The molecule has 2 rings (SSSR count). The summed E-state index contributed by atoms with van der Waals surface area (Å²) in [6.45, 7) is 0.625. The first-order valence-electron chi connectivity index (χ1n) is 4.76. The predicted molar refractivity (Wildman–Crippen MR) is 51.6 cm³/mol. The molecule has 0 aromatic heterocycles. The molecule has 1 N–H and O–H groups in total. The first kappa shape index (κ1) is 8.70. The molecule has 0 fully saturated rings. The van der Waals surface area contributed by atoms with Gasteiger partial charge in [-0.25, -0.2) is 4.39 Å². The first-order valence-corrected chi connectivity index (χ1v) is 4.76. The maximum absolute atomic E-state index is 12.5. The van der Waals surface area contributed by atoms with Gasteiger partial charge in [-0.15, -0.1) is 0 Å². The maximum atomic E-state index is 12.5. The van der Waals surface area contributed by atoms with Crippen molar-refractivity contribution in [3.05, 3.63) is 35.4 Å². The molecule has 70 valence electrons. The van der Waals surface area contributed by atoms with Crippen LogP contribution in [0.3, 0.4) is 0 Å². The molecule has 0 aliphatic carbocycles. The van der Waals surface area contributed by atoms with Gasteiger partial charge in [0.25, 0.3) is 0 Å². The van der Waals surface area contributed by atoms with Gasteiger partial charge in [-0.3, -0.25) is 0 Å². The second kappa shape index (κ2) is 3.88. The van der Waals surface area contributed by atoms with Crippen LogP contribution in [0, 0.1) is 0 Å². The Morgan fingerprint density at radius 2 is 2.08 bits per heavy atom. The molecule has 1 heterocycles. The van der Waals surface area contributed by atoms with Crippen LogP contribution in [0.15, 0.2) is 24.3 Å². The molecule has 13 heavy (non-hydrogen) atoms. The van der Waals surface area contributed by atoms with E-state index in [9.17, 15) is 4.39 Å². The minimum Gasteiger partial charge on any atom is -0.311 e. The number of hydrogen-bond acceptors (Lipinski definition) is 1. The Labute approximate surface area is 78.0 Å². The lowest BCUT2D eigenvalue weighted by Gasteiger charge is -2.10. The van der Waals surface area contributed by atoms with Crippen LogP contribution in [0.4, 0.5) is 4.39 Å². The van der Waals surface area contributed by atoms with Crippen LogP contribution < -0.4 is 5.32 Å². The zero-order valence-corrected chi connectivity index (χ0v) is 7.59. The molecule has 0 amide bonds. The summed E-state index contributed by atoms with van der Waals surface area (Å²) in [7, 11) is 0. The molecule has 1 nitrogen and oxygen atoms in total. The van der Waals surface area contributed by atoms with E-state index in [-0.39, 0.29) is 12.7 Å². The van der Waals surface area contributed by atoms with Gasteiger partial charge in [0.1, 0.15) is 6.67 Å². The van der Waals surface area contributed by atoms with Gasteiger partial charge in [-0.2, -0.15) is 0 Å². The summed E-state index contributed by atoms with van der Waals surface area (Å²) in [6.07, 6.45) is 1.85. The molecule has 0 radical (unpaired) electrons. The summed E-state index contributed by atoms with van der Waals surface area (Å²) in [4.78, 5) is 0. The molecule has 1 aromatic rings. The third-order valence-electron chi connectivity index (χ3n) is 2.60. The second-order valence-corrected chi connectivity index (χ2v) is 3.53. The van der Waals surface area contributed by atoms with E-state index in [2.05, 4.69) is 23.5 Å². The van der Waals surface area contributed by atoms with E-state index in [0.717, 1.165) is 19.4 Å². The third kappa shape index (κ3) is 1.89. The Bertz CT molecular complexity index is 285. The Morgan fingerprint density at radius 3 is 2.85 bits per heavy atom. The Balaban J connectivity index is 2.23. The average Bonchev–Trinajstić information content (AvgIpc) is 2.38. The van der Waals surface area contributed by atoms with Crippen molar-refractivity contribution in [2.75, 3.05) is 13.2 Å².